The van der Waals surface area contributed by atoms with Crippen molar-refractivity contribution in [3.8, 4) is 0 Å². The summed E-state index contributed by atoms with van der Waals surface area (Å²) in [6, 6.07) is 9.57. The van der Waals surface area contributed by atoms with E-state index in [1.807, 2.05) is 0 Å². The Labute approximate surface area is 142 Å². The van der Waals surface area contributed by atoms with Crippen LogP contribution in [0.5, 0.6) is 0 Å². The molecular formula is C17H15ClF2N2O2. The predicted octanol–water partition coefficient (Wildman–Crippen LogP) is 3.77. The number of amides is 2. The third kappa shape index (κ3) is 5.31. The lowest BCUT2D eigenvalue weighted by Gasteiger charge is -2.07. The van der Waals surface area contributed by atoms with Gasteiger partial charge in [0, 0.05) is 35.3 Å². The van der Waals surface area contributed by atoms with E-state index in [0.717, 1.165) is 12.1 Å². The van der Waals surface area contributed by atoms with Gasteiger partial charge in [0.25, 0.3) is 5.91 Å². The second-order valence-corrected chi connectivity index (χ2v) is 5.48. The quantitative estimate of drug-likeness (QED) is 0.777. The first kappa shape index (κ1) is 17.9. The van der Waals surface area contributed by atoms with Gasteiger partial charge in [0.1, 0.15) is 0 Å². The van der Waals surface area contributed by atoms with Gasteiger partial charge in [0.15, 0.2) is 11.6 Å². The Morgan fingerprint density at radius 1 is 1.00 bits per heavy atom. The minimum absolute atomic E-state index is 0.139. The van der Waals surface area contributed by atoms with Gasteiger partial charge in [0.2, 0.25) is 5.91 Å². The summed E-state index contributed by atoms with van der Waals surface area (Å²) in [6.45, 7) is 0.312. The van der Waals surface area contributed by atoms with E-state index in [4.69, 9.17) is 11.6 Å². The highest BCUT2D eigenvalue weighted by Gasteiger charge is 2.07. The van der Waals surface area contributed by atoms with Crippen LogP contribution in [-0.2, 0) is 4.79 Å². The Hall–Kier alpha value is -2.47. The van der Waals surface area contributed by atoms with Gasteiger partial charge in [-0.3, -0.25) is 9.59 Å². The van der Waals surface area contributed by atoms with Gasteiger partial charge in [-0.15, -0.1) is 0 Å². The number of anilines is 1. The highest BCUT2D eigenvalue weighted by molar-refractivity contribution is 6.30. The van der Waals surface area contributed by atoms with Gasteiger partial charge in [-0.25, -0.2) is 8.78 Å². The van der Waals surface area contributed by atoms with Crippen LogP contribution in [0.15, 0.2) is 42.5 Å². The van der Waals surface area contributed by atoms with Crippen LogP contribution in [-0.4, -0.2) is 18.4 Å². The molecule has 24 heavy (non-hydrogen) atoms. The molecule has 0 aliphatic carbocycles. The summed E-state index contributed by atoms with van der Waals surface area (Å²) in [6.07, 6.45) is 0.550. The fourth-order valence-electron chi connectivity index (χ4n) is 1.95. The van der Waals surface area contributed by atoms with Crippen LogP contribution in [0.25, 0.3) is 0 Å². The minimum atomic E-state index is -1.02. The molecule has 126 valence electrons. The Morgan fingerprint density at radius 3 is 2.38 bits per heavy atom. The summed E-state index contributed by atoms with van der Waals surface area (Å²) in [7, 11) is 0. The molecule has 0 heterocycles. The van der Waals surface area contributed by atoms with Gasteiger partial charge in [0.05, 0.1) is 0 Å². The molecule has 0 spiro atoms. The number of halogens is 3. The lowest BCUT2D eigenvalue weighted by atomic mass is 10.2. The van der Waals surface area contributed by atoms with E-state index < -0.39 is 11.6 Å². The topological polar surface area (TPSA) is 58.2 Å². The molecule has 0 saturated carbocycles. The third-order valence-electron chi connectivity index (χ3n) is 3.18. The van der Waals surface area contributed by atoms with Crippen LogP contribution >= 0.6 is 11.6 Å². The molecule has 2 amide bonds. The molecule has 0 fully saturated rings. The number of rotatable bonds is 6. The maximum absolute atomic E-state index is 13.0. The lowest BCUT2D eigenvalue weighted by Crippen LogP contribution is -2.25. The predicted molar refractivity (Wildman–Crippen MR) is 88.0 cm³/mol. The normalized spacial score (nSPS) is 10.3. The zero-order valence-electron chi connectivity index (χ0n) is 12.6. The van der Waals surface area contributed by atoms with Gasteiger partial charge >= 0.3 is 0 Å². The van der Waals surface area contributed by atoms with Crippen molar-refractivity contribution < 1.29 is 18.4 Å². The average molecular weight is 353 g/mol. The Kier molecular flexibility index (Phi) is 6.26. The van der Waals surface area contributed by atoms with E-state index >= 15 is 0 Å². The first-order chi connectivity index (χ1) is 11.5. The van der Waals surface area contributed by atoms with E-state index in [2.05, 4.69) is 10.6 Å². The molecule has 2 rings (SSSR count). The zero-order chi connectivity index (χ0) is 17.5. The first-order valence-electron chi connectivity index (χ1n) is 7.24. The molecule has 4 nitrogen and oxygen atoms in total. The maximum Gasteiger partial charge on any atom is 0.251 e. The van der Waals surface area contributed by atoms with E-state index in [1.54, 1.807) is 24.3 Å². The Morgan fingerprint density at radius 2 is 1.71 bits per heavy atom. The molecule has 0 aliphatic rings. The molecule has 7 heteroatoms. The molecule has 0 bridgehead atoms. The van der Waals surface area contributed by atoms with Crippen molar-refractivity contribution in [1.82, 2.24) is 5.32 Å². The number of benzene rings is 2. The first-order valence-corrected chi connectivity index (χ1v) is 7.62. The number of carbonyl (C=O) groups excluding carboxylic acids is 2. The monoisotopic (exact) mass is 352 g/mol. The Bertz CT molecular complexity index is 736. The average Bonchev–Trinajstić information content (AvgIpc) is 2.55. The molecule has 2 N–H and O–H groups in total. The van der Waals surface area contributed by atoms with Crippen molar-refractivity contribution in [3.63, 3.8) is 0 Å². The van der Waals surface area contributed by atoms with E-state index in [-0.39, 0.29) is 23.9 Å². The molecule has 2 aromatic carbocycles. The largest absolute Gasteiger partial charge is 0.352 e. The summed E-state index contributed by atoms with van der Waals surface area (Å²) in [5, 5.41) is 5.69. The summed E-state index contributed by atoms with van der Waals surface area (Å²) in [5.41, 5.74) is 0.662. The van der Waals surface area contributed by atoms with Crippen LogP contribution in [0.4, 0.5) is 14.5 Å². The van der Waals surface area contributed by atoms with Crippen molar-refractivity contribution >= 4 is 29.1 Å². The van der Waals surface area contributed by atoms with E-state index in [1.165, 1.54) is 6.07 Å². The van der Waals surface area contributed by atoms with E-state index in [9.17, 15) is 18.4 Å². The summed E-state index contributed by atoms with van der Waals surface area (Å²) < 4.78 is 25.8. The molecule has 0 aliphatic heterocycles. The number of hydrogen-bond donors (Lipinski definition) is 2. The highest BCUT2D eigenvalue weighted by atomic mass is 35.5. The van der Waals surface area contributed by atoms with Crippen molar-refractivity contribution in [1.29, 1.82) is 0 Å². The fraction of sp³-hybridized carbons (Fsp3) is 0.176. The van der Waals surface area contributed by atoms with Crippen LogP contribution in [0.1, 0.15) is 23.2 Å². The second-order valence-electron chi connectivity index (χ2n) is 5.04. The van der Waals surface area contributed by atoms with Gasteiger partial charge < -0.3 is 10.6 Å². The molecule has 0 unspecified atom stereocenters. The SMILES string of the molecule is O=C(CCCNC(=O)c1ccc(Cl)cc1)Nc1ccc(F)c(F)c1. The van der Waals surface area contributed by atoms with Crippen molar-refractivity contribution in [2.75, 3.05) is 11.9 Å². The van der Waals surface area contributed by atoms with Gasteiger partial charge in [-0.1, -0.05) is 11.6 Å². The zero-order valence-corrected chi connectivity index (χ0v) is 13.4. The molecule has 0 radical (unpaired) electrons. The molecular weight excluding hydrogens is 338 g/mol. The van der Waals surface area contributed by atoms with Crippen LogP contribution < -0.4 is 10.6 Å². The van der Waals surface area contributed by atoms with Gasteiger partial charge in [-0.05, 0) is 42.8 Å². The van der Waals surface area contributed by atoms with Crippen LogP contribution in [0, 0.1) is 11.6 Å². The minimum Gasteiger partial charge on any atom is -0.352 e. The molecule has 0 saturated heterocycles. The summed E-state index contributed by atoms with van der Waals surface area (Å²) >= 11 is 5.74. The Balaban J connectivity index is 1.71. The molecule has 0 atom stereocenters. The van der Waals surface area contributed by atoms with Crippen molar-refractivity contribution in [3.05, 3.63) is 64.7 Å². The number of nitrogens with one attached hydrogen (secondary N) is 2. The highest BCUT2D eigenvalue weighted by Crippen LogP contribution is 2.13. The van der Waals surface area contributed by atoms with Crippen LogP contribution in [0.2, 0.25) is 5.02 Å². The molecule has 2 aromatic rings. The van der Waals surface area contributed by atoms with Crippen molar-refractivity contribution in [2.45, 2.75) is 12.8 Å². The number of hydrogen-bond acceptors (Lipinski definition) is 2. The summed E-state index contributed by atoms with van der Waals surface area (Å²) in [4.78, 5) is 23.5. The van der Waals surface area contributed by atoms with Crippen LogP contribution in [0.3, 0.4) is 0 Å². The maximum atomic E-state index is 13.0. The lowest BCUT2D eigenvalue weighted by molar-refractivity contribution is -0.116. The standard InChI is InChI=1S/C17H15ClF2N2O2/c18-12-5-3-11(4-6-12)17(24)21-9-1-2-16(23)22-13-7-8-14(19)15(20)10-13/h3-8,10H,1-2,9H2,(H,21,24)(H,22,23). The third-order valence-corrected chi connectivity index (χ3v) is 3.43. The smallest absolute Gasteiger partial charge is 0.251 e. The summed E-state index contributed by atoms with van der Waals surface area (Å²) in [5.74, 6) is -2.60. The fourth-order valence-corrected chi connectivity index (χ4v) is 2.08. The van der Waals surface area contributed by atoms with Crippen molar-refractivity contribution in [2.24, 2.45) is 0 Å². The second kappa shape index (κ2) is 8.40. The molecule has 0 aromatic heterocycles. The van der Waals surface area contributed by atoms with E-state index in [0.29, 0.717) is 23.6 Å². The van der Waals surface area contributed by atoms with Gasteiger partial charge in [-0.2, -0.15) is 0 Å². The number of carbonyl (C=O) groups is 2.